The quantitative estimate of drug-likeness (QED) is 0.472. The fourth-order valence-electron chi connectivity index (χ4n) is 3.52. The van der Waals surface area contributed by atoms with E-state index < -0.39 is 0 Å². The smallest absolute Gasteiger partial charge is 0.193 e. The average Bonchev–Trinajstić information content (AvgIpc) is 2.81. The van der Waals surface area contributed by atoms with Gasteiger partial charge in [0.15, 0.2) is 5.96 Å². The van der Waals surface area contributed by atoms with E-state index in [1.165, 1.54) is 38.8 Å². The molecule has 2 N–H and O–H groups in total. The number of fused-ring (bicyclic) bond motifs is 1. The van der Waals surface area contributed by atoms with Crippen LogP contribution in [-0.2, 0) is 0 Å². The summed E-state index contributed by atoms with van der Waals surface area (Å²) in [6.07, 6.45) is 5.69. The maximum atomic E-state index is 4.47. The first-order chi connectivity index (χ1) is 9.49. The highest BCUT2D eigenvalue weighted by molar-refractivity contribution is 5.80. The van der Waals surface area contributed by atoms with Gasteiger partial charge < -0.3 is 15.5 Å². The first-order valence-corrected chi connectivity index (χ1v) is 8.20. The zero-order chi connectivity index (χ0) is 14.6. The molecule has 4 nitrogen and oxygen atoms in total. The zero-order valence-electron chi connectivity index (χ0n) is 13.7. The van der Waals surface area contributed by atoms with Gasteiger partial charge in [0.05, 0.1) is 0 Å². The van der Waals surface area contributed by atoms with Crippen molar-refractivity contribution in [2.24, 2.45) is 16.8 Å². The molecule has 1 saturated carbocycles. The van der Waals surface area contributed by atoms with Gasteiger partial charge in [-0.05, 0) is 45.4 Å². The molecule has 116 valence electrons. The van der Waals surface area contributed by atoms with Gasteiger partial charge in [0.1, 0.15) is 0 Å². The molecule has 0 aromatic carbocycles. The average molecular weight is 280 g/mol. The minimum absolute atomic E-state index is 0.188. The maximum Gasteiger partial charge on any atom is 0.193 e. The van der Waals surface area contributed by atoms with Crippen molar-refractivity contribution >= 4 is 5.96 Å². The molecule has 2 fully saturated rings. The van der Waals surface area contributed by atoms with E-state index in [1.54, 1.807) is 0 Å². The third-order valence-corrected chi connectivity index (χ3v) is 4.55. The molecule has 2 atom stereocenters. The summed E-state index contributed by atoms with van der Waals surface area (Å²) >= 11 is 0. The number of aliphatic imine (C=N–C) groups is 1. The molecule has 0 radical (unpaired) electrons. The van der Waals surface area contributed by atoms with Crippen molar-refractivity contribution in [2.45, 2.75) is 52.0 Å². The zero-order valence-corrected chi connectivity index (χ0v) is 13.7. The fourth-order valence-corrected chi connectivity index (χ4v) is 3.52. The molecule has 4 heteroatoms. The van der Waals surface area contributed by atoms with Crippen LogP contribution in [0.2, 0.25) is 0 Å². The van der Waals surface area contributed by atoms with Crippen LogP contribution in [0.4, 0.5) is 0 Å². The summed E-state index contributed by atoms with van der Waals surface area (Å²) in [7, 11) is 1.90. The molecule has 0 spiro atoms. The molecule has 0 bridgehead atoms. The van der Waals surface area contributed by atoms with E-state index in [-0.39, 0.29) is 5.54 Å². The Morgan fingerprint density at radius 3 is 2.20 bits per heavy atom. The van der Waals surface area contributed by atoms with Crippen LogP contribution in [0, 0.1) is 11.8 Å². The molecule has 2 aliphatic rings. The molecule has 0 amide bonds. The van der Waals surface area contributed by atoms with Crippen LogP contribution in [0.5, 0.6) is 0 Å². The Morgan fingerprint density at radius 2 is 1.70 bits per heavy atom. The van der Waals surface area contributed by atoms with Gasteiger partial charge in [-0.25, -0.2) is 0 Å². The number of nitrogens with zero attached hydrogens (tertiary/aromatic N) is 2. The van der Waals surface area contributed by atoms with Gasteiger partial charge in [-0.2, -0.15) is 0 Å². The highest BCUT2D eigenvalue weighted by Gasteiger charge is 2.35. The second-order valence-electron chi connectivity index (χ2n) is 7.36. The molecule has 2 unspecified atom stereocenters. The molecule has 0 aromatic rings. The van der Waals surface area contributed by atoms with Crippen molar-refractivity contribution in [2.75, 3.05) is 33.2 Å². The Labute approximate surface area is 124 Å². The molecular weight excluding hydrogens is 248 g/mol. The minimum Gasteiger partial charge on any atom is -0.355 e. The van der Waals surface area contributed by atoms with Gasteiger partial charge in [0.25, 0.3) is 0 Å². The van der Waals surface area contributed by atoms with Gasteiger partial charge in [0.2, 0.25) is 0 Å². The third kappa shape index (κ3) is 4.37. The molecular formula is C16H32N4. The monoisotopic (exact) mass is 280 g/mol. The van der Waals surface area contributed by atoms with Crippen LogP contribution >= 0.6 is 0 Å². The van der Waals surface area contributed by atoms with Crippen molar-refractivity contribution in [1.82, 2.24) is 15.5 Å². The Balaban J connectivity index is 1.75. The molecule has 1 aliphatic carbocycles. The van der Waals surface area contributed by atoms with Crippen LogP contribution in [0.1, 0.15) is 46.5 Å². The van der Waals surface area contributed by atoms with Gasteiger partial charge in [0, 0.05) is 38.8 Å². The predicted molar refractivity (Wildman–Crippen MR) is 86.1 cm³/mol. The van der Waals surface area contributed by atoms with E-state index in [0.29, 0.717) is 0 Å². The SMILES string of the molecule is CN=C(NCCNC(C)(C)C)N1CC2CCCCC2C1. The highest BCUT2D eigenvalue weighted by Crippen LogP contribution is 2.35. The molecule has 1 saturated heterocycles. The first-order valence-electron chi connectivity index (χ1n) is 8.20. The van der Waals surface area contributed by atoms with Gasteiger partial charge in [-0.15, -0.1) is 0 Å². The van der Waals surface area contributed by atoms with E-state index in [1.807, 2.05) is 7.05 Å². The lowest BCUT2D eigenvalue weighted by Gasteiger charge is -2.24. The number of guanidine groups is 1. The summed E-state index contributed by atoms with van der Waals surface area (Å²) in [6, 6.07) is 0. The summed E-state index contributed by atoms with van der Waals surface area (Å²) in [5, 5.41) is 7.01. The topological polar surface area (TPSA) is 39.7 Å². The van der Waals surface area contributed by atoms with Gasteiger partial charge in [-0.1, -0.05) is 12.8 Å². The van der Waals surface area contributed by atoms with Crippen LogP contribution < -0.4 is 10.6 Å². The van der Waals surface area contributed by atoms with Gasteiger partial charge >= 0.3 is 0 Å². The Bertz CT molecular complexity index is 318. The lowest BCUT2D eigenvalue weighted by Crippen LogP contribution is -2.45. The van der Waals surface area contributed by atoms with Crippen molar-refractivity contribution in [3.63, 3.8) is 0 Å². The van der Waals surface area contributed by atoms with Crippen LogP contribution in [0.3, 0.4) is 0 Å². The largest absolute Gasteiger partial charge is 0.355 e. The number of nitrogens with one attached hydrogen (secondary N) is 2. The second-order valence-corrected chi connectivity index (χ2v) is 7.36. The summed E-state index contributed by atoms with van der Waals surface area (Å²) in [6.45, 7) is 10.9. The Kier molecular flexibility index (Phi) is 5.30. The van der Waals surface area contributed by atoms with Gasteiger partial charge in [-0.3, -0.25) is 4.99 Å². The van der Waals surface area contributed by atoms with Crippen molar-refractivity contribution in [3.8, 4) is 0 Å². The van der Waals surface area contributed by atoms with E-state index in [0.717, 1.165) is 30.9 Å². The Morgan fingerprint density at radius 1 is 1.10 bits per heavy atom. The predicted octanol–water partition coefficient (Wildman–Crippen LogP) is 2.07. The number of rotatable bonds is 3. The van der Waals surface area contributed by atoms with Crippen LogP contribution in [0.15, 0.2) is 4.99 Å². The van der Waals surface area contributed by atoms with Crippen molar-refractivity contribution in [3.05, 3.63) is 0 Å². The summed E-state index contributed by atoms with van der Waals surface area (Å²) in [5.41, 5.74) is 0.188. The molecule has 2 rings (SSSR count). The summed E-state index contributed by atoms with van der Waals surface area (Å²) in [4.78, 5) is 6.94. The van der Waals surface area contributed by atoms with E-state index in [4.69, 9.17) is 0 Å². The lowest BCUT2D eigenvalue weighted by molar-refractivity contribution is 0.299. The lowest BCUT2D eigenvalue weighted by atomic mass is 9.82. The normalized spacial score (nSPS) is 27.6. The molecule has 1 heterocycles. The second kappa shape index (κ2) is 6.79. The molecule has 20 heavy (non-hydrogen) atoms. The number of likely N-dealkylation sites (tertiary alicyclic amines) is 1. The van der Waals surface area contributed by atoms with Crippen molar-refractivity contribution in [1.29, 1.82) is 0 Å². The van der Waals surface area contributed by atoms with E-state index in [2.05, 4.69) is 41.3 Å². The van der Waals surface area contributed by atoms with Crippen molar-refractivity contribution < 1.29 is 0 Å². The number of hydrogen-bond acceptors (Lipinski definition) is 2. The third-order valence-electron chi connectivity index (χ3n) is 4.55. The summed E-state index contributed by atoms with van der Waals surface area (Å²) < 4.78 is 0. The molecule has 1 aliphatic heterocycles. The van der Waals surface area contributed by atoms with E-state index in [9.17, 15) is 0 Å². The maximum absolute atomic E-state index is 4.47. The molecule has 0 aromatic heterocycles. The van der Waals surface area contributed by atoms with E-state index >= 15 is 0 Å². The fraction of sp³-hybridized carbons (Fsp3) is 0.938. The standard InChI is InChI=1S/C16H32N4/c1-16(2,3)19-10-9-18-15(17-4)20-11-13-7-5-6-8-14(13)12-20/h13-14,19H,5-12H2,1-4H3,(H,17,18). The number of hydrogen-bond donors (Lipinski definition) is 2. The Hall–Kier alpha value is -0.770. The highest BCUT2D eigenvalue weighted by atomic mass is 15.3. The summed E-state index contributed by atoms with van der Waals surface area (Å²) in [5.74, 6) is 2.92. The van der Waals surface area contributed by atoms with Crippen LogP contribution in [-0.4, -0.2) is 49.6 Å². The minimum atomic E-state index is 0.188. The van der Waals surface area contributed by atoms with Crippen LogP contribution in [0.25, 0.3) is 0 Å². The first kappa shape index (κ1) is 15.6.